The van der Waals surface area contributed by atoms with Crippen molar-refractivity contribution >= 4 is 17.5 Å². The molecular weight excluding hydrogens is 288 g/mol. The highest BCUT2D eigenvalue weighted by Gasteiger charge is 2.22. The molecule has 1 aliphatic rings. The third-order valence-corrected chi connectivity index (χ3v) is 4.25. The summed E-state index contributed by atoms with van der Waals surface area (Å²) >= 11 is 0. The van der Waals surface area contributed by atoms with E-state index in [2.05, 4.69) is 15.2 Å². The number of aromatic nitrogens is 1. The molecule has 5 heteroatoms. The van der Waals surface area contributed by atoms with Crippen molar-refractivity contribution in [2.24, 2.45) is 0 Å². The second-order valence-electron chi connectivity index (χ2n) is 5.86. The van der Waals surface area contributed by atoms with Gasteiger partial charge in [0.15, 0.2) is 0 Å². The van der Waals surface area contributed by atoms with Gasteiger partial charge in [-0.25, -0.2) is 9.78 Å². The van der Waals surface area contributed by atoms with E-state index in [1.165, 1.54) is 0 Å². The van der Waals surface area contributed by atoms with Crippen LogP contribution in [0.3, 0.4) is 0 Å². The van der Waals surface area contributed by atoms with Crippen molar-refractivity contribution < 1.29 is 4.79 Å². The number of benzene rings is 1. The largest absolute Gasteiger partial charge is 0.353 e. The molecular formula is C18H22N4O. The van der Waals surface area contributed by atoms with Crippen molar-refractivity contribution in [3.8, 4) is 0 Å². The van der Waals surface area contributed by atoms with Crippen LogP contribution >= 0.6 is 0 Å². The van der Waals surface area contributed by atoms with Crippen molar-refractivity contribution in [1.29, 1.82) is 0 Å². The summed E-state index contributed by atoms with van der Waals surface area (Å²) in [5.74, 6) is 0.974. The number of para-hydroxylation sites is 1. The van der Waals surface area contributed by atoms with E-state index < -0.39 is 0 Å². The molecule has 5 nitrogen and oxygen atoms in total. The molecule has 1 aliphatic heterocycles. The molecule has 0 saturated carbocycles. The van der Waals surface area contributed by atoms with E-state index in [9.17, 15) is 4.79 Å². The van der Waals surface area contributed by atoms with Gasteiger partial charge >= 0.3 is 6.03 Å². The second-order valence-corrected chi connectivity index (χ2v) is 5.86. The number of anilines is 2. The molecule has 0 unspecified atom stereocenters. The maximum Gasteiger partial charge on any atom is 0.321 e. The minimum absolute atomic E-state index is 0.0249. The van der Waals surface area contributed by atoms with Gasteiger partial charge in [-0.1, -0.05) is 24.3 Å². The van der Waals surface area contributed by atoms with Gasteiger partial charge in [-0.3, -0.25) is 0 Å². The summed E-state index contributed by atoms with van der Waals surface area (Å²) in [6.45, 7) is 7.04. The van der Waals surface area contributed by atoms with Gasteiger partial charge in [0.05, 0.1) is 0 Å². The van der Waals surface area contributed by atoms with Crippen molar-refractivity contribution in [3.63, 3.8) is 0 Å². The van der Waals surface area contributed by atoms with Crippen LogP contribution < -0.4 is 10.2 Å². The summed E-state index contributed by atoms with van der Waals surface area (Å²) in [5, 5.41) is 3.06. The average molecular weight is 310 g/mol. The summed E-state index contributed by atoms with van der Waals surface area (Å²) in [6, 6.07) is 11.9. The molecule has 120 valence electrons. The Balaban J connectivity index is 1.60. The SMILES string of the molecule is Cc1cccc(C)c1NC(=O)N1CCN(c2ccccn2)CC1. The van der Waals surface area contributed by atoms with Gasteiger partial charge in [0.25, 0.3) is 0 Å². The Morgan fingerprint density at radius 2 is 1.70 bits per heavy atom. The first kappa shape index (κ1) is 15.3. The maximum absolute atomic E-state index is 12.5. The fraction of sp³-hybridized carbons (Fsp3) is 0.333. The van der Waals surface area contributed by atoms with Crippen LogP contribution in [0.1, 0.15) is 11.1 Å². The predicted molar refractivity (Wildman–Crippen MR) is 93.0 cm³/mol. The normalized spacial score (nSPS) is 14.7. The molecule has 0 bridgehead atoms. The van der Waals surface area contributed by atoms with Crippen LogP contribution in [0.25, 0.3) is 0 Å². The predicted octanol–water partition coefficient (Wildman–Crippen LogP) is 3.05. The number of aryl methyl sites for hydroxylation is 2. The highest BCUT2D eigenvalue weighted by molar-refractivity contribution is 5.91. The number of urea groups is 1. The topological polar surface area (TPSA) is 48.5 Å². The van der Waals surface area contributed by atoms with Crippen LogP contribution in [0.2, 0.25) is 0 Å². The Morgan fingerprint density at radius 3 is 2.30 bits per heavy atom. The quantitative estimate of drug-likeness (QED) is 0.927. The maximum atomic E-state index is 12.5. The van der Waals surface area contributed by atoms with Crippen LogP contribution in [-0.4, -0.2) is 42.1 Å². The summed E-state index contributed by atoms with van der Waals surface area (Å²) in [6.07, 6.45) is 1.80. The molecule has 0 aliphatic carbocycles. The third-order valence-electron chi connectivity index (χ3n) is 4.25. The molecule has 0 spiro atoms. The Morgan fingerprint density at radius 1 is 1.00 bits per heavy atom. The van der Waals surface area contributed by atoms with Crippen LogP contribution in [0.4, 0.5) is 16.3 Å². The summed E-state index contributed by atoms with van der Waals surface area (Å²) < 4.78 is 0. The molecule has 1 saturated heterocycles. The number of hydrogen-bond donors (Lipinski definition) is 1. The zero-order valence-electron chi connectivity index (χ0n) is 13.6. The van der Waals surface area contributed by atoms with E-state index in [1.807, 2.05) is 55.1 Å². The number of amides is 2. The second kappa shape index (κ2) is 6.69. The zero-order chi connectivity index (χ0) is 16.2. The first-order valence-corrected chi connectivity index (χ1v) is 7.93. The highest BCUT2D eigenvalue weighted by Crippen LogP contribution is 2.20. The minimum atomic E-state index is -0.0249. The molecule has 0 radical (unpaired) electrons. The Hall–Kier alpha value is -2.56. The fourth-order valence-electron chi connectivity index (χ4n) is 2.88. The van der Waals surface area contributed by atoms with E-state index in [4.69, 9.17) is 0 Å². The van der Waals surface area contributed by atoms with Crippen molar-refractivity contribution in [2.75, 3.05) is 36.4 Å². The molecule has 2 aromatic rings. The summed E-state index contributed by atoms with van der Waals surface area (Å²) in [4.78, 5) is 20.9. The zero-order valence-corrected chi connectivity index (χ0v) is 13.6. The van der Waals surface area contributed by atoms with Gasteiger partial charge < -0.3 is 15.1 Å². The molecule has 2 amide bonds. The fourth-order valence-corrected chi connectivity index (χ4v) is 2.88. The minimum Gasteiger partial charge on any atom is -0.353 e. The van der Waals surface area contributed by atoms with E-state index in [0.29, 0.717) is 13.1 Å². The standard InChI is InChI=1S/C18H22N4O/c1-14-6-5-7-15(2)17(14)20-18(23)22-12-10-21(11-13-22)16-8-3-4-9-19-16/h3-9H,10-13H2,1-2H3,(H,20,23). The van der Waals surface area contributed by atoms with Crippen LogP contribution in [0.15, 0.2) is 42.6 Å². The number of nitrogens with one attached hydrogen (secondary N) is 1. The number of nitrogens with zero attached hydrogens (tertiary/aromatic N) is 3. The molecule has 1 aromatic heterocycles. The van der Waals surface area contributed by atoms with Crippen molar-refractivity contribution in [1.82, 2.24) is 9.88 Å². The van der Waals surface area contributed by atoms with Crippen LogP contribution in [0.5, 0.6) is 0 Å². The molecule has 0 atom stereocenters. The molecule has 3 rings (SSSR count). The number of piperazine rings is 1. The first-order valence-electron chi connectivity index (χ1n) is 7.93. The smallest absolute Gasteiger partial charge is 0.321 e. The van der Waals surface area contributed by atoms with Gasteiger partial charge in [-0.2, -0.15) is 0 Å². The monoisotopic (exact) mass is 310 g/mol. The highest BCUT2D eigenvalue weighted by atomic mass is 16.2. The van der Waals surface area contributed by atoms with Crippen molar-refractivity contribution in [2.45, 2.75) is 13.8 Å². The molecule has 1 fully saturated rings. The lowest BCUT2D eigenvalue weighted by atomic mass is 10.1. The van der Waals surface area contributed by atoms with E-state index >= 15 is 0 Å². The van der Waals surface area contributed by atoms with E-state index in [1.54, 1.807) is 6.20 Å². The molecule has 1 aromatic carbocycles. The van der Waals surface area contributed by atoms with Crippen molar-refractivity contribution in [3.05, 3.63) is 53.7 Å². The van der Waals surface area contributed by atoms with Gasteiger partial charge in [-0.15, -0.1) is 0 Å². The third kappa shape index (κ3) is 3.44. The van der Waals surface area contributed by atoms with E-state index in [-0.39, 0.29) is 6.03 Å². The molecule has 23 heavy (non-hydrogen) atoms. The van der Waals surface area contributed by atoms with Gasteiger partial charge in [0.2, 0.25) is 0 Å². The number of carbonyl (C=O) groups excluding carboxylic acids is 1. The summed E-state index contributed by atoms with van der Waals surface area (Å²) in [7, 11) is 0. The van der Waals surface area contributed by atoms with Gasteiger partial charge in [-0.05, 0) is 37.1 Å². The van der Waals surface area contributed by atoms with Crippen LogP contribution in [-0.2, 0) is 0 Å². The number of hydrogen-bond acceptors (Lipinski definition) is 3. The average Bonchev–Trinajstić information content (AvgIpc) is 2.59. The van der Waals surface area contributed by atoms with Crippen LogP contribution in [0, 0.1) is 13.8 Å². The lowest BCUT2D eigenvalue weighted by Crippen LogP contribution is -2.50. The van der Waals surface area contributed by atoms with Gasteiger partial charge in [0.1, 0.15) is 5.82 Å². The number of pyridine rings is 1. The Labute approximate surface area is 136 Å². The Kier molecular flexibility index (Phi) is 4.46. The molecule has 1 N–H and O–H groups in total. The van der Waals surface area contributed by atoms with Gasteiger partial charge in [0, 0.05) is 38.1 Å². The lowest BCUT2D eigenvalue weighted by molar-refractivity contribution is 0.208. The first-order chi connectivity index (χ1) is 11.1. The Bertz CT molecular complexity index is 658. The number of rotatable bonds is 2. The molecule has 2 heterocycles. The summed E-state index contributed by atoms with van der Waals surface area (Å²) in [5.41, 5.74) is 3.10. The number of carbonyl (C=O) groups is 1. The van der Waals surface area contributed by atoms with E-state index in [0.717, 1.165) is 35.7 Å². The lowest BCUT2D eigenvalue weighted by Gasteiger charge is -2.35.